The predicted molar refractivity (Wildman–Crippen MR) is 92.4 cm³/mol. The van der Waals surface area contributed by atoms with Crippen molar-refractivity contribution < 1.29 is 0 Å². The second kappa shape index (κ2) is 6.80. The molecule has 1 heterocycles. The van der Waals surface area contributed by atoms with Crippen LogP contribution in [0.15, 0.2) is 28.7 Å². The monoisotopic (exact) mass is 350 g/mol. The fourth-order valence-electron chi connectivity index (χ4n) is 4.01. The van der Waals surface area contributed by atoms with Gasteiger partial charge in [-0.2, -0.15) is 0 Å². The number of halogens is 1. The minimum Gasteiger partial charge on any atom is -0.308 e. The van der Waals surface area contributed by atoms with Gasteiger partial charge in [-0.1, -0.05) is 54.2 Å². The number of nitrogens with one attached hydrogen (secondary N) is 1. The van der Waals surface area contributed by atoms with Crippen LogP contribution in [0.25, 0.3) is 0 Å². The second-order valence-corrected chi connectivity index (χ2v) is 7.73. The summed E-state index contributed by atoms with van der Waals surface area (Å²) in [5, 5.41) is 3.91. The average molecular weight is 351 g/mol. The highest BCUT2D eigenvalue weighted by atomic mass is 79.9. The zero-order valence-corrected chi connectivity index (χ0v) is 14.7. The summed E-state index contributed by atoms with van der Waals surface area (Å²) < 4.78 is 1.17. The predicted octanol–water partition coefficient (Wildman–Crippen LogP) is 4.34. The zero-order valence-electron chi connectivity index (χ0n) is 13.1. The van der Waals surface area contributed by atoms with E-state index in [0.29, 0.717) is 11.6 Å². The molecule has 1 aromatic carbocycles. The van der Waals surface area contributed by atoms with Crippen LogP contribution in [-0.2, 0) is 6.54 Å². The van der Waals surface area contributed by atoms with Crippen LogP contribution in [0.2, 0.25) is 0 Å². The van der Waals surface area contributed by atoms with Crippen LogP contribution in [0.4, 0.5) is 0 Å². The molecule has 1 atom stereocenters. The number of piperazine rings is 1. The van der Waals surface area contributed by atoms with Gasteiger partial charge in [-0.15, -0.1) is 0 Å². The van der Waals surface area contributed by atoms with Crippen molar-refractivity contribution in [2.75, 3.05) is 13.1 Å². The van der Waals surface area contributed by atoms with E-state index in [1.54, 1.807) is 0 Å². The molecule has 3 rings (SSSR count). The number of hydrogen-bond donors (Lipinski definition) is 1. The van der Waals surface area contributed by atoms with E-state index in [0.717, 1.165) is 13.1 Å². The quantitative estimate of drug-likeness (QED) is 0.872. The van der Waals surface area contributed by atoms with Crippen molar-refractivity contribution in [2.45, 2.75) is 63.6 Å². The SMILES string of the molecule is CCC1CNC2(CCCCC2)CN1Cc1ccc(Br)cc1. The molecule has 1 spiro atoms. The van der Waals surface area contributed by atoms with Crippen LogP contribution in [0.3, 0.4) is 0 Å². The van der Waals surface area contributed by atoms with E-state index in [9.17, 15) is 0 Å². The molecule has 0 amide bonds. The highest BCUT2D eigenvalue weighted by molar-refractivity contribution is 9.10. The molecular formula is C18H27BrN2. The molecule has 2 fully saturated rings. The van der Waals surface area contributed by atoms with Gasteiger partial charge in [0.25, 0.3) is 0 Å². The molecule has 2 aliphatic rings. The summed E-state index contributed by atoms with van der Waals surface area (Å²) in [5.41, 5.74) is 1.84. The first kappa shape index (κ1) is 15.5. The lowest BCUT2D eigenvalue weighted by Gasteiger charge is -2.49. The van der Waals surface area contributed by atoms with E-state index in [1.165, 1.54) is 55.1 Å². The summed E-state index contributed by atoms with van der Waals surface area (Å²) >= 11 is 3.53. The molecule has 0 aromatic heterocycles. The Morgan fingerprint density at radius 3 is 2.57 bits per heavy atom. The highest BCUT2D eigenvalue weighted by Crippen LogP contribution is 2.33. The van der Waals surface area contributed by atoms with E-state index in [2.05, 4.69) is 57.3 Å². The molecule has 2 nitrogen and oxygen atoms in total. The lowest BCUT2D eigenvalue weighted by molar-refractivity contribution is 0.0484. The average Bonchev–Trinajstić information content (AvgIpc) is 2.51. The van der Waals surface area contributed by atoms with Gasteiger partial charge in [-0.3, -0.25) is 4.90 Å². The maximum absolute atomic E-state index is 3.91. The summed E-state index contributed by atoms with van der Waals surface area (Å²) in [6.07, 6.45) is 8.18. The first-order valence-electron chi connectivity index (χ1n) is 8.44. The van der Waals surface area contributed by atoms with Gasteiger partial charge in [-0.05, 0) is 37.0 Å². The smallest absolute Gasteiger partial charge is 0.0309 e. The maximum atomic E-state index is 3.91. The maximum Gasteiger partial charge on any atom is 0.0309 e. The van der Waals surface area contributed by atoms with Gasteiger partial charge < -0.3 is 5.32 Å². The molecular weight excluding hydrogens is 324 g/mol. The van der Waals surface area contributed by atoms with Crippen molar-refractivity contribution in [1.82, 2.24) is 10.2 Å². The lowest BCUT2D eigenvalue weighted by Crippen LogP contribution is -2.64. The summed E-state index contributed by atoms with van der Waals surface area (Å²) in [4.78, 5) is 2.73. The minimum atomic E-state index is 0.402. The largest absolute Gasteiger partial charge is 0.308 e. The van der Waals surface area contributed by atoms with E-state index < -0.39 is 0 Å². The molecule has 0 radical (unpaired) electrons. The van der Waals surface area contributed by atoms with Crippen LogP contribution in [0.5, 0.6) is 0 Å². The highest BCUT2D eigenvalue weighted by Gasteiger charge is 2.39. The first-order valence-corrected chi connectivity index (χ1v) is 9.24. The molecule has 1 aliphatic heterocycles. The summed E-state index contributed by atoms with van der Waals surface area (Å²) in [6.45, 7) is 5.80. The molecule has 1 unspecified atom stereocenters. The van der Waals surface area contributed by atoms with Crippen LogP contribution >= 0.6 is 15.9 Å². The van der Waals surface area contributed by atoms with Crippen molar-refractivity contribution in [3.63, 3.8) is 0 Å². The molecule has 1 N–H and O–H groups in total. The normalized spacial score (nSPS) is 26.1. The zero-order chi connectivity index (χ0) is 14.7. The summed E-state index contributed by atoms with van der Waals surface area (Å²) in [5.74, 6) is 0. The number of benzene rings is 1. The third-order valence-electron chi connectivity index (χ3n) is 5.32. The fraction of sp³-hybridized carbons (Fsp3) is 0.667. The summed E-state index contributed by atoms with van der Waals surface area (Å²) in [7, 11) is 0. The van der Waals surface area contributed by atoms with E-state index >= 15 is 0 Å². The molecule has 0 bridgehead atoms. The van der Waals surface area contributed by atoms with Crippen LogP contribution in [0.1, 0.15) is 51.0 Å². The molecule has 1 saturated carbocycles. The topological polar surface area (TPSA) is 15.3 Å². The Hall–Kier alpha value is -0.380. The van der Waals surface area contributed by atoms with Crippen LogP contribution < -0.4 is 5.32 Å². The van der Waals surface area contributed by atoms with Gasteiger partial charge in [0.05, 0.1) is 0 Å². The van der Waals surface area contributed by atoms with Gasteiger partial charge in [0, 0.05) is 35.7 Å². The standard InChI is InChI=1S/C18H27BrN2/c1-2-17-12-20-18(10-4-3-5-11-18)14-21(17)13-15-6-8-16(19)9-7-15/h6-9,17,20H,2-5,10-14H2,1H3. The van der Waals surface area contributed by atoms with E-state index in [-0.39, 0.29) is 0 Å². The molecule has 3 heteroatoms. The molecule has 1 aliphatic carbocycles. The number of nitrogens with zero attached hydrogens (tertiary/aromatic N) is 1. The van der Waals surface area contributed by atoms with Crippen molar-refractivity contribution in [3.05, 3.63) is 34.3 Å². The van der Waals surface area contributed by atoms with E-state index in [4.69, 9.17) is 0 Å². The molecule has 116 valence electrons. The minimum absolute atomic E-state index is 0.402. The van der Waals surface area contributed by atoms with Gasteiger partial charge in [0.1, 0.15) is 0 Å². The van der Waals surface area contributed by atoms with Crippen molar-refractivity contribution >= 4 is 15.9 Å². The lowest BCUT2D eigenvalue weighted by atomic mass is 9.79. The third-order valence-corrected chi connectivity index (χ3v) is 5.84. The Bertz CT molecular complexity index is 451. The Balaban J connectivity index is 1.71. The van der Waals surface area contributed by atoms with Crippen LogP contribution in [-0.4, -0.2) is 29.6 Å². The van der Waals surface area contributed by atoms with Crippen molar-refractivity contribution in [3.8, 4) is 0 Å². The van der Waals surface area contributed by atoms with Gasteiger partial charge in [-0.25, -0.2) is 0 Å². The molecule has 1 aromatic rings. The Morgan fingerprint density at radius 2 is 1.90 bits per heavy atom. The Kier molecular flexibility index (Phi) is 5.03. The Labute approximate surface area is 137 Å². The van der Waals surface area contributed by atoms with Crippen molar-refractivity contribution in [2.24, 2.45) is 0 Å². The fourth-order valence-corrected chi connectivity index (χ4v) is 4.28. The molecule has 1 saturated heterocycles. The third kappa shape index (κ3) is 3.69. The number of hydrogen-bond acceptors (Lipinski definition) is 2. The van der Waals surface area contributed by atoms with Gasteiger partial charge in [0.15, 0.2) is 0 Å². The Morgan fingerprint density at radius 1 is 1.19 bits per heavy atom. The van der Waals surface area contributed by atoms with Crippen LogP contribution in [0, 0.1) is 0 Å². The molecule has 21 heavy (non-hydrogen) atoms. The van der Waals surface area contributed by atoms with Gasteiger partial charge >= 0.3 is 0 Å². The second-order valence-electron chi connectivity index (χ2n) is 6.82. The van der Waals surface area contributed by atoms with E-state index in [1.807, 2.05) is 0 Å². The first-order chi connectivity index (χ1) is 10.2. The van der Waals surface area contributed by atoms with Gasteiger partial charge in [0.2, 0.25) is 0 Å². The number of rotatable bonds is 3. The van der Waals surface area contributed by atoms with Crippen molar-refractivity contribution in [1.29, 1.82) is 0 Å². The summed E-state index contributed by atoms with van der Waals surface area (Å²) in [6, 6.07) is 9.52.